The standard InChI is InChI=1S/C43H29P/c1-28-22-24-37-39(26-28)42(35-18-7-8-19-36(35)43(37)34-20-11-13-29-12-5-6-16-32(29)34)30-23-25-41-38(27-30)33-17-9-10-21-40(33)44(41)31-14-3-2-4-15-31/h2-27H,1H3. The van der Waals surface area contributed by atoms with Gasteiger partial charge >= 0.3 is 0 Å². The molecular weight excluding hydrogens is 547 g/mol. The molecule has 0 nitrogen and oxygen atoms in total. The zero-order chi connectivity index (χ0) is 29.2. The fraction of sp³-hybridized carbons (Fsp3) is 0.0233. The molecule has 0 aliphatic carbocycles. The number of benzene rings is 8. The van der Waals surface area contributed by atoms with Gasteiger partial charge in [-0.15, -0.1) is 0 Å². The maximum absolute atomic E-state index is 2.47. The molecular formula is C43H29P. The van der Waals surface area contributed by atoms with E-state index in [4.69, 9.17) is 0 Å². The largest absolute Gasteiger partial charge is 0.0772 e. The molecule has 1 unspecified atom stereocenters. The third-order valence-electron chi connectivity index (χ3n) is 9.21. The third kappa shape index (κ3) is 3.78. The molecule has 206 valence electrons. The van der Waals surface area contributed by atoms with E-state index in [0.29, 0.717) is 0 Å². The van der Waals surface area contributed by atoms with Crippen LogP contribution < -0.4 is 0 Å². The number of hydrogen-bond acceptors (Lipinski definition) is 0. The Hall–Kier alpha value is -5.16. The van der Waals surface area contributed by atoms with Gasteiger partial charge in [0, 0.05) is 10.2 Å². The van der Waals surface area contributed by atoms with Gasteiger partial charge in [-0.05, 0) is 89.7 Å². The first-order chi connectivity index (χ1) is 21.8. The van der Waals surface area contributed by atoms with Crippen molar-refractivity contribution in [3.8, 4) is 27.6 Å². The normalized spacial score (nSPS) is 12.2. The van der Waals surface area contributed by atoms with Gasteiger partial charge < -0.3 is 0 Å². The second-order valence-electron chi connectivity index (χ2n) is 11.8. The van der Waals surface area contributed by atoms with Gasteiger partial charge in [0.2, 0.25) is 0 Å². The Labute approximate surface area is 257 Å². The molecule has 0 saturated heterocycles. The van der Waals surface area contributed by atoms with Crippen molar-refractivity contribution in [3.63, 3.8) is 0 Å². The first kappa shape index (κ1) is 25.3. The maximum Gasteiger partial charge on any atom is 0.00687 e. The summed E-state index contributed by atoms with van der Waals surface area (Å²) in [6, 6.07) is 58.8. The Bertz CT molecular complexity index is 2550. The summed E-state index contributed by atoms with van der Waals surface area (Å²) in [5.41, 5.74) is 6.47. The van der Waals surface area contributed by atoms with E-state index in [-0.39, 0.29) is 0 Å². The van der Waals surface area contributed by atoms with Crippen molar-refractivity contribution in [2.75, 3.05) is 0 Å². The summed E-state index contributed by atoms with van der Waals surface area (Å²) in [5.74, 6) is 0. The zero-order valence-electron chi connectivity index (χ0n) is 24.5. The molecule has 1 heterocycles. The number of fused-ring (bicyclic) bond motifs is 6. The van der Waals surface area contributed by atoms with Crippen LogP contribution in [-0.4, -0.2) is 0 Å². The lowest BCUT2D eigenvalue weighted by molar-refractivity contribution is 1.51. The van der Waals surface area contributed by atoms with Crippen molar-refractivity contribution >= 4 is 60.9 Å². The van der Waals surface area contributed by atoms with Crippen LogP contribution in [0.4, 0.5) is 0 Å². The van der Waals surface area contributed by atoms with E-state index in [1.54, 1.807) is 0 Å². The van der Waals surface area contributed by atoms with Gasteiger partial charge in [0.25, 0.3) is 0 Å². The maximum atomic E-state index is 2.47. The van der Waals surface area contributed by atoms with Crippen molar-refractivity contribution in [1.82, 2.24) is 0 Å². The fourth-order valence-corrected chi connectivity index (χ4v) is 9.93. The molecule has 1 aromatic heterocycles. The second-order valence-corrected chi connectivity index (χ2v) is 13.9. The molecule has 0 saturated carbocycles. The highest BCUT2D eigenvalue weighted by Crippen LogP contribution is 2.56. The van der Waals surface area contributed by atoms with Crippen LogP contribution in [0.25, 0.3) is 80.9 Å². The van der Waals surface area contributed by atoms with E-state index in [9.17, 15) is 0 Å². The molecule has 1 heteroatoms. The van der Waals surface area contributed by atoms with Gasteiger partial charge in [0.15, 0.2) is 0 Å². The van der Waals surface area contributed by atoms with E-state index in [2.05, 4.69) is 165 Å². The van der Waals surface area contributed by atoms with Crippen LogP contribution in [0.2, 0.25) is 0 Å². The average molecular weight is 577 g/mol. The van der Waals surface area contributed by atoms with E-state index in [1.165, 1.54) is 86.4 Å². The lowest BCUT2D eigenvalue weighted by atomic mass is 9.84. The molecule has 0 aliphatic rings. The molecule has 0 spiro atoms. The van der Waals surface area contributed by atoms with Crippen LogP contribution in [0.1, 0.15) is 5.56 Å². The molecule has 9 rings (SSSR count). The van der Waals surface area contributed by atoms with Gasteiger partial charge in [0.05, 0.1) is 0 Å². The third-order valence-corrected chi connectivity index (χ3v) is 11.8. The van der Waals surface area contributed by atoms with E-state index in [0.717, 1.165) is 0 Å². The molecule has 0 bridgehead atoms. The molecule has 44 heavy (non-hydrogen) atoms. The van der Waals surface area contributed by atoms with Crippen molar-refractivity contribution in [2.45, 2.75) is 6.92 Å². The van der Waals surface area contributed by atoms with Crippen LogP contribution in [0, 0.1) is 6.92 Å². The Morgan fingerprint density at radius 2 is 1.02 bits per heavy atom. The Kier molecular flexibility index (Phi) is 5.73. The van der Waals surface area contributed by atoms with Crippen molar-refractivity contribution in [2.24, 2.45) is 0 Å². The highest BCUT2D eigenvalue weighted by molar-refractivity contribution is 7.67. The molecule has 0 N–H and O–H groups in total. The highest BCUT2D eigenvalue weighted by atomic mass is 31.1. The van der Waals surface area contributed by atoms with Gasteiger partial charge in [-0.25, -0.2) is 0 Å². The Balaban J connectivity index is 1.40. The number of rotatable bonds is 3. The van der Waals surface area contributed by atoms with Crippen LogP contribution in [0.5, 0.6) is 0 Å². The molecule has 8 aromatic carbocycles. The van der Waals surface area contributed by atoms with E-state index < -0.39 is 7.53 Å². The summed E-state index contributed by atoms with van der Waals surface area (Å²) in [4.78, 5) is 0. The molecule has 0 amide bonds. The highest BCUT2D eigenvalue weighted by Gasteiger charge is 2.20. The SMILES string of the molecule is Cc1ccc2c(-c3cccc4ccccc34)c3ccccc3c(-c3ccc4c(c3)c3ccccc3p4-c3ccccc3)c2c1. The van der Waals surface area contributed by atoms with Crippen LogP contribution >= 0.6 is 7.53 Å². The monoisotopic (exact) mass is 576 g/mol. The summed E-state index contributed by atoms with van der Waals surface area (Å²) in [5, 5.41) is 14.8. The van der Waals surface area contributed by atoms with Gasteiger partial charge in [0.1, 0.15) is 0 Å². The van der Waals surface area contributed by atoms with Gasteiger partial charge in [-0.1, -0.05) is 159 Å². The quantitative estimate of drug-likeness (QED) is 0.184. The molecule has 0 aliphatic heterocycles. The predicted octanol–water partition coefficient (Wildman–Crippen LogP) is 13.1. The second kappa shape index (κ2) is 9.95. The van der Waals surface area contributed by atoms with Crippen molar-refractivity contribution < 1.29 is 0 Å². The minimum Gasteiger partial charge on any atom is -0.0772 e. The van der Waals surface area contributed by atoms with Crippen molar-refractivity contribution in [3.05, 3.63) is 163 Å². The fourth-order valence-electron chi connectivity index (χ4n) is 7.32. The average Bonchev–Trinajstić information content (AvgIpc) is 3.41. The summed E-state index contributed by atoms with van der Waals surface area (Å²) in [7, 11) is -0.580. The number of aryl methyl sites for hydroxylation is 1. The van der Waals surface area contributed by atoms with Crippen molar-refractivity contribution in [1.29, 1.82) is 0 Å². The summed E-state index contributed by atoms with van der Waals surface area (Å²) in [6.07, 6.45) is 0. The molecule has 0 fully saturated rings. The zero-order valence-corrected chi connectivity index (χ0v) is 25.4. The first-order valence-corrected chi connectivity index (χ1v) is 16.6. The smallest absolute Gasteiger partial charge is 0.00687 e. The van der Waals surface area contributed by atoms with Crippen LogP contribution in [0.15, 0.2) is 158 Å². The lowest BCUT2D eigenvalue weighted by Gasteiger charge is -2.19. The molecule has 9 aromatic rings. The Morgan fingerprint density at radius 3 is 1.86 bits per heavy atom. The summed E-state index contributed by atoms with van der Waals surface area (Å²) >= 11 is 0. The minimum atomic E-state index is -0.580. The van der Waals surface area contributed by atoms with Crippen LogP contribution in [-0.2, 0) is 0 Å². The first-order valence-electron chi connectivity index (χ1n) is 15.3. The van der Waals surface area contributed by atoms with Gasteiger partial charge in [-0.2, -0.15) is 0 Å². The van der Waals surface area contributed by atoms with Crippen LogP contribution in [0.3, 0.4) is 0 Å². The van der Waals surface area contributed by atoms with Gasteiger partial charge in [-0.3, -0.25) is 0 Å². The minimum absolute atomic E-state index is 0.580. The predicted molar refractivity (Wildman–Crippen MR) is 194 cm³/mol. The Morgan fingerprint density at radius 1 is 0.386 bits per heavy atom. The van der Waals surface area contributed by atoms with E-state index in [1.807, 2.05) is 0 Å². The topological polar surface area (TPSA) is 0 Å². The lowest BCUT2D eigenvalue weighted by Crippen LogP contribution is -1.92. The van der Waals surface area contributed by atoms with E-state index >= 15 is 0 Å². The number of hydrogen-bond donors (Lipinski definition) is 0. The molecule has 1 atom stereocenters. The summed E-state index contributed by atoms with van der Waals surface area (Å²) < 4.78 is 0. The summed E-state index contributed by atoms with van der Waals surface area (Å²) in [6.45, 7) is 2.21. The molecule has 0 radical (unpaired) electrons.